The third-order valence-corrected chi connectivity index (χ3v) is 6.02. The van der Waals surface area contributed by atoms with E-state index in [1.165, 1.54) is 10.9 Å². The van der Waals surface area contributed by atoms with Crippen molar-refractivity contribution < 1.29 is 18.0 Å². The number of rotatable bonds is 6. The van der Waals surface area contributed by atoms with E-state index < -0.39 is 11.7 Å². The van der Waals surface area contributed by atoms with E-state index in [0.29, 0.717) is 23.4 Å². The summed E-state index contributed by atoms with van der Waals surface area (Å²) in [6.07, 6.45) is 1.08. The van der Waals surface area contributed by atoms with Crippen molar-refractivity contribution in [2.24, 2.45) is 4.99 Å². The van der Waals surface area contributed by atoms with Gasteiger partial charge in [0.1, 0.15) is 5.78 Å². The van der Waals surface area contributed by atoms with E-state index in [9.17, 15) is 18.0 Å². The Labute approximate surface area is 199 Å². The van der Waals surface area contributed by atoms with Crippen molar-refractivity contribution in [1.29, 1.82) is 0 Å². The molecule has 2 aromatic carbocycles. The molecule has 4 aromatic rings. The molecule has 0 atom stereocenters. The van der Waals surface area contributed by atoms with Gasteiger partial charge in [0.15, 0.2) is 5.82 Å². The van der Waals surface area contributed by atoms with Crippen molar-refractivity contribution in [3.8, 4) is 5.69 Å². The predicted molar refractivity (Wildman–Crippen MR) is 125 cm³/mol. The molecule has 178 valence electrons. The number of halogens is 3. The number of hydrogen-bond acceptors (Lipinski definition) is 4. The maximum Gasteiger partial charge on any atom is 0.416 e. The molecule has 0 bridgehead atoms. The lowest BCUT2D eigenvalue weighted by molar-refractivity contribution is -0.137. The van der Waals surface area contributed by atoms with Crippen molar-refractivity contribution >= 4 is 17.3 Å². The van der Waals surface area contributed by atoms with E-state index in [4.69, 9.17) is 0 Å². The number of H-pyrrole nitrogens is 1. The maximum atomic E-state index is 13.5. The number of imidazole rings is 1. The van der Waals surface area contributed by atoms with Crippen molar-refractivity contribution in [2.75, 3.05) is 0 Å². The number of benzene rings is 2. The molecule has 1 aliphatic rings. The molecule has 3 heterocycles. The van der Waals surface area contributed by atoms with Gasteiger partial charge in [-0.3, -0.25) is 9.89 Å². The number of aromatic nitrogens is 4. The van der Waals surface area contributed by atoms with E-state index in [2.05, 4.69) is 20.2 Å². The molecule has 0 aliphatic carbocycles. The second-order valence-electron chi connectivity index (χ2n) is 8.83. The second kappa shape index (κ2) is 8.65. The number of ketones is 1. The third kappa shape index (κ3) is 4.80. The summed E-state index contributed by atoms with van der Waals surface area (Å²) in [6.45, 7) is 3.72. The molecule has 0 unspecified atom stereocenters. The van der Waals surface area contributed by atoms with Gasteiger partial charge in [0.05, 0.1) is 29.5 Å². The van der Waals surface area contributed by atoms with Crippen molar-refractivity contribution in [3.63, 3.8) is 0 Å². The molecule has 1 N–H and O–H groups in total. The minimum Gasteiger partial charge on any atom is -0.306 e. The number of Topliss-reactive ketones (excluding diaryl/α,β-unsaturated/α-hetero) is 1. The van der Waals surface area contributed by atoms with Gasteiger partial charge in [-0.05, 0) is 54.3 Å². The van der Waals surface area contributed by atoms with Gasteiger partial charge in [-0.25, -0.2) is 9.98 Å². The number of hydrogen-bond donors (Lipinski definition) is 1. The molecule has 9 heteroatoms. The molecule has 2 aromatic heterocycles. The minimum absolute atomic E-state index is 0.0975. The highest BCUT2D eigenvalue weighted by Gasteiger charge is 2.31. The Hall–Kier alpha value is -4.01. The van der Waals surface area contributed by atoms with Crippen molar-refractivity contribution in [1.82, 2.24) is 19.7 Å². The molecular weight excluding hydrogens is 455 g/mol. The first kappa shape index (κ1) is 22.8. The van der Waals surface area contributed by atoms with Crippen LogP contribution in [-0.2, 0) is 30.2 Å². The summed E-state index contributed by atoms with van der Waals surface area (Å²) in [5.74, 6) is 0.605. The fraction of sp³-hybridized carbons (Fsp3) is 0.231. The Balaban J connectivity index is 1.34. The normalized spacial score (nSPS) is 13.1. The second-order valence-corrected chi connectivity index (χ2v) is 8.83. The monoisotopic (exact) mass is 477 g/mol. The molecule has 0 spiro atoms. The van der Waals surface area contributed by atoms with Gasteiger partial charge in [0, 0.05) is 36.7 Å². The van der Waals surface area contributed by atoms with Gasteiger partial charge < -0.3 is 4.57 Å². The molecule has 0 amide bonds. The molecule has 0 fully saturated rings. The van der Waals surface area contributed by atoms with E-state index >= 15 is 0 Å². The van der Waals surface area contributed by atoms with Crippen LogP contribution in [0.5, 0.6) is 0 Å². The summed E-state index contributed by atoms with van der Waals surface area (Å²) in [5.41, 5.74) is 5.32. The average molecular weight is 477 g/mol. The summed E-state index contributed by atoms with van der Waals surface area (Å²) in [7, 11) is 0. The number of aliphatic imine (C=N–C) groups is 1. The first-order chi connectivity index (χ1) is 16.7. The van der Waals surface area contributed by atoms with Crippen molar-refractivity contribution in [2.45, 2.75) is 39.3 Å². The summed E-state index contributed by atoms with van der Waals surface area (Å²) >= 11 is 0. The van der Waals surface area contributed by atoms with E-state index in [1.54, 1.807) is 25.4 Å². The zero-order chi connectivity index (χ0) is 24.7. The lowest BCUT2D eigenvalue weighted by Crippen LogP contribution is -2.11. The summed E-state index contributed by atoms with van der Waals surface area (Å²) in [6, 6.07) is 9.46. The van der Waals surface area contributed by atoms with Gasteiger partial charge in [-0.2, -0.15) is 18.3 Å². The molecule has 1 aliphatic heterocycles. The fourth-order valence-corrected chi connectivity index (χ4v) is 4.37. The lowest BCUT2D eigenvalue weighted by atomic mass is 9.95. The fourth-order valence-electron chi connectivity index (χ4n) is 4.37. The van der Waals surface area contributed by atoms with Gasteiger partial charge in [0.25, 0.3) is 0 Å². The standard InChI is InChI=1S/C26H22F3N5O/c1-15-5-17(3-4-23(15)24-10-19-12-31-33-25(19)32-24)8-22(35)9-18-6-20(26(27,28)29)11-21(7-18)34-13-16(2)30-14-34/h3-7,11-14H,8-10H2,1-2H3,(H,31,33). The number of aryl methyl sites for hydroxylation is 2. The Morgan fingerprint density at radius 2 is 1.89 bits per heavy atom. The van der Waals surface area contributed by atoms with Crippen LogP contribution in [0.15, 0.2) is 60.1 Å². The van der Waals surface area contributed by atoms with Crippen LogP contribution in [0.2, 0.25) is 0 Å². The van der Waals surface area contributed by atoms with Crippen LogP contribution < -0.4 is 0 Å². The summed E-state index contributed by atoms with van der Waals surface area (Å²) in [5, 5.41) is 6.85. The van der Waals surface area contributed by atoms with E-state index in [-0.39, 0.29) is 18.6 Å². The SMILES string of the molecule is Cc1cn(-c2cc(CC(=O)Cc3ccc(C4=Nc5[nH]ncc5C4)c(C)c3)cc(C(F)(F)F)c2)cn1. The zero-order valence-electron chi connectivity index (χ0n) is 19.1. The van der Waals surface area contributed by atoms with E-state index in [0.717, 1.165) is 45.9 Å². The lowest BCUT2D eigenvalue weighted by Gasteiger charge is -2.13. The Kier molecular flexibility index (Phi) is 5.62. The first-order valence-electron chi connectivity index (χ1n) is 11.1. The number of nitrogens with zero attached hydrogens (tertiary/aromatic N) is 4. The Bertz CT molecular complexity index is 1460. The molecule has 0 saturated carbocycles. The number of carbonyl (C=O) groups is 1. The highest BCUT2D eigenvalue weighted by atomic mass is 19.4. The number of nitrogens with one attached hydrogen (secondary N) is 1. The van der Waals surface area contributed by atoms with Crippen LogP contribution in [0.25, 0.3) is 5.69 Å². The zero-order valence-corrected chi connectivity index (χ0v) is 19.1. The van der Waals surface area contributed by atoms with Crippen LogP contribution in [0.4, 0.5) is 19.0 Å². The van der Waals surface area contributed by atoms with Crippen LogP contribution in [-0.4, -0.2) is 31.2 Å². The average Bonchev–Trinajstić information content (AvgIpc) is 3.49. The number of carbonyl (C=O) groups excluding carboxylic acids is 1. The maximum absolute atomic E-state index is 13.5. The first-order valence-corrected chi connectivity index (χ1v) is 11.1. The highest BCUT2D eigenvalue weighted by molar-refractivity contribution is 6.07. The molecule has 0 radical (unpaired) electrons. The number of aromatic amines is 1. The van der Waals surface area contributed by atoms with Crippen LogP contribution >= 0.6 is 0 Å². The molecule has 6 nitrogen and oxygen atoms in total. The van der Waals surface area contributed by atoms with E-state index in [1.807, 2.05) is 25.1 Å². The molecule has 5 rings (SSSR count). The Morgan fingerprint density at radius 3 is 2.57 bits per heavy atom. The summed E-state index contributed by atoms with van der Waals surface area (Å²) in [4.78, 5) is 21.5. The number of alkyl halides is 3. The highest BCUT2D eigenvalue weighted by Crippen LogP contribution is 2.32. The Morgan fingerprint density at radius 1 is 1.09 bits per heavy atom. The smallest absolute Gasteiger partial charge is 0.306 e. The quantitative estimate of drug-likeness (QED) is 0.412. The van der Waals surface area contributed by atoms with Gasteiger partial charge in [0.2, 0.25) is 0 Å². The molecular formula is C26H22F3N5O. The summed E-state index contributed by atoms with van der Waals surface area (Å²) < 4.78 is 42.0. The topological polar surface area (TPSA) is 75.9 Å². The molecule has 35 heavy (non-hydrogen) atoms. The van der Waals surface area contributed by atoms with Crippen LogP contribution in [0.3, 0.4) is 0 Å². The van der Waals surface area contributed by atoms with Crippen molar-refractivity contribution in [3.05, 3.63) is 94.2 Å². The molecule has 0 saturated heterocycles. The van der Waals surface area contributed by atoms with Gasteiger partial charge in [-0.15, -0.1) is 0 Å². The van der Waals surface area contributed by atoms with Crippen LogP contribution in [0.1, 0.15) is 39.1 Å². The third-order valence-electron chi connectivity index (χ3n) is 6.02. The van der Waals surface area contributed by atoms with Crippen LogP contribution in [0, 0.1) is 13.8 Å². The largest absolute Gasteiger partial charge is 0.416 e. The van der Waals surface area contributed by atoms with Gasteiger partial charge in [-0.1, -0.05) is 18.2 Å². The minimum atomic E-state index is -4.52. The predicted octanol–water partition coefficient (Wildman–Crippen LogP) is 5.26. The number of fused-ring (bicyclic) bond motifs is 1. The van der Waals surface area contributed by atoms with Gasteiger partial charge >= 0.3 is 6.18 Å².